The van der Waals surface area contributed by atoms with Gasteiger partial charge in [0.15, 0.2) is 5.96 Å². The summed E-state index contributed by atoms with van der Waals surface area (Å²) in [6.07, 6.45) is 0.695. The first-order valence-corrected chi connectivity index (χ1v) is 33.7. The van der Waals surface area contributed by atoms with Gasteiger partial charge in [-0.15, -0.1) is 0 Å². The van der Waals surface area contributed by atoms with Gasteiger partial charge in [0.05, 0.1) is 39.1 Å². The Labute approximate surface area is 592 Å². The molecule has 1 aliphatic heterocycles. The molecular weight excluding hydrogens is 1370 g/mol. The molecule has 0 saturated carbocycles. The SMILES string of the molecule is CCCCCCCC(=O)N[C@@H](CCCCN)C(=O)N[C@@H](CCCN=C(N)N)C(=O)N[C@@H](CC(=O)O)C(=O)N[C@@H](CO)C(=O)N[C@@H](CO)C(=O)N[C@@H](CC(N)=O)C(=O)N[C@@H](CO)C(=O)N[C@@H](CS)C(=O)N[C@@H](CC(=O)O)C(=O)N[C@@H](CC(C)C)C(=O)N1CCC[C@H]1C(=O)N[C@@H](CCC(=O)O)C(=O)O. The lowest BCUT2D eigenvalue weighted by molar-refractivity contribution is -0.146. The van der Waals surface area contributed by atoms with Crippen LogP contribution in [0.25, 0.3) is 0 Å². The van der Waals surface area contributed by atoms with E-state index in [0.29, 0.717) is 19.3 Å². The smallest absolute Gasteiger partial charge is 0.326 e. The molecule has 0 bridgehead atoms. The van der Waals surface area contributed by atoms with Crippen LogP contribution in [-0.2, 0) is 81.5 Å². The Morgan fingerprint density at radius 1 is 0.471 bits per heavy atom. The number of hydrogen-bond donors (Lipinski definition) is 23. The standard InChI is InChI=1S/C60H101N17O24S/c1-4-5-6-7-8-16-44(82)66-31(13-9-10-19-61)48(89)67-32(14-11-20-65-60(63)64)49(90)70-36(25-47(87)88)52(93)74-39(27-79)54(95)75-38(26-78)53(94)69-34(23-43(62)81)50(91)73-40(28-80)55(96)76-41(29-102)56(97)71-35(24-46(85)86)51(92)72-37(22-30(2)3)58(99)77-21-12-15-42(77)57(98)68-33(59(100)101)17-18-45(83)84/h30-42,78-80,102H,4-29,61H2,1-3H3,(H2,62,81)(H,66,82)(H,67,89)(H,68,98)(H,69,94)(H,70,90)(H,71,97)(H,72,92)(H,73,91)(H,74,93)(H,75,95)(H,76,96)(H,83,84)(H,85,86)(H,87,88)(H,100,101)(H4,63,64,65)/t31-,32-,33-,34-,35-,36-,37-,38-,39-,40-,41-,42-/m0/s1. The number of primary amides is 1. The Morgan fingerprint density at radius 2 is 0.892 bits per heavy atom. The molecule has 0 aromatic rings. The molecule has 102 heavy (non-hydrogen) atoms. The highest BCUT2D eigenvalue weighted by molar-refractivity contribution is 7.80. The average molecular weight is 1480 g/mol. The molecule has 42 heteroatoms. The van der Waals surface area contributed by atoms with Gasteiger partial charge in [-0.3, -0.25) is 81.7 Å². The number of aliphatic imine (C=N–C) groups is 1. The Morgan fingerprint density at radius 3 is 1.32 bits per heavy atom. The quantitative estimate of drug-likeness (QED) is 0.0116. The number of rotatable bonds is 52. The number of carbonyl (C=O) groups excluding carboxylic acids is 13. The number of nitrogens with zero attached hydrogens (tertiary/aromatic N) is 2. The molecule has 0 unspecified atom stereocenters. The summed E-state index contributed by atoms with van der Waals surface area (Å²) in [5.41, 5.74) is 21.9. The van der Waals surface area contributed by atoms with E-state index in [1.165, 1.54) is 0 Å². The number of carbonyl (C=O) groups is 17. The van der Waals surface area contributed by atoms with Crippen LogP contribution in [0.3, 0.4) is 0 Å². The van der Waals surface area contributed by atoms with E-state index >= 15 is 0 Å². The fourth-order valence-corrected chi connectivity index (χ4v) is 10.3. The van der Waals surface area contributed by atoms with E-state index < -0.39 is 231 Å². The third-order valence-corrected chi connectivity index (χ3v) is 15.8. The van der Waals surface area contributed by atoms with Crippen LogP contribution in [0.5, 0.6) is 0 Å². The van der Waals surface area contributed by atoms with Crippen LogP contribution < -0.4 is 81.4 Å². The topological polar surface area (TPSA) is 684 Å². The molecule has 0 aromatic carbocycles. The lowest BCUT2D eigenvalue weighted by atomic mass is 10.0. The van der Waals surface area contributed by atoms with Gasteiger partial charge in [-0.2, -0.15) is 12.6 Å². The van der Waals surface area contributed by atoms with E-state index in [0.717, 1.165) is 30.6 Å². The van der Waals surface area contributed by atoms with Crippen LogP contribution >= 0.6 is 12.6 Å². The summed E-state index contributed by atoms with van der Waals surface area (Å²) >= 11 is 4.04. The van der Waals surface area contributed by atoms with Crippen LogP contribution in [0.4, 0.5) is 0 Å². The van der Waals surface area contributed by atoms with E-state index in [1.54, 1.807) is 13.8 Å². The number of carboxylic acid groups (broad SMARTS) is 4. The number of aliphatic hydroxyl groups excluding tert-OH is 3. The molecule has 1 fully saturated rings. The summed E-state index contributed by atoms with van der Waals surface area (Å²) in [6.45, 7) is 1.56. The zero-order chi connectivity index (χ0) is 77.3. The predicted octanol–water partition coefficient (Wildman–Crippen LogP) is -8.42. The van der Waals surface area contributed by atoms with E-state index in [9.17, 15) is 112 Å². The van der Waals surface area contributed by atoms with Gasteiger partial charge >= 0.3 is 23.9 Å². The van der Waals surface area contributed by atoms with Crippen molar-refractivity contribution in [3.05, 3.63) is 0 Å². The van der Waals surface area contributed by atoms with Gasteiger partial charge in [-0.25, -0.2) is 4.79 Å². The minimum absolute atomic E-state index is 0.0229. The minimum atomic E-state index is -2.13. The van der Waals surface area contributed by atoms with Crippen LogP contribution in [0.2, 0.25) is 0 Å². The number of unbranched alkanes of at least 4 members (excludes halogenated alkanes) is 5. The molecule has 1 heterocycles. The van der Waals surface area contributed by atoms with Crippen LogP contribution in [0.15, 0.2) is 4.99 Å². The summed E-state index contributed by atoms with van der Waals surface area (Å²) in [5.74, 6) is -22.7. The Kier molecular flexibility index (Phi) is 42.8. The van der Waals surface area contributed by atoms with Crippen molar-refractivity contribution in [3.63, 3.8) is 0 Å². The normalized spacial score (nSPS) is 15.7. The first-order valence-electron chi connectivity index (χ1n) is 33.1. The molecule has 12 atom stereocenters. The molecule has 41 nitrogen and oxygen atoms in total. The number of aliphatic hydroxyl groups is 3. The second-order valence-electron chi connectivity index (χ2n) is 24.3. The number of aliphatic carboxylic acids is 4. The molecule has 0 aliphatic carbocycles. The van der Waals surface area contributed by atoms with Gasteiger partial charge in [0.2, 0.25) is 76.8 Å². The van der Waals surface area contributed by atoms with Gasteiger partial charge < -0.3 is 122 Å². The maximum atomic E-state index is 14.1. The molecule has 1 rings (SSSR count). The number of likely N-dealkylation sites (tertiary alicyclic amines) is 1. The van der Waals surface area contributed by atoms with Crippen molar-refractivity contribution in [2.75, 3.05) is 45.2 Å². The highest BCUT2D eigenvalue weighted by Crippen LogP contribution is 2.22. The summed E-state index contributed by atoms with van der Waals surface area (Å²) in [4.78, 5) is 228. The summed E-state index contributed by atoms with van der Waals surface area (Å²) in [6, 6.07) is -21.4. The fourth-order valence-electron chi connectivity index (χ4n) is 10.1. The largest absolute Gasteiger partial charge is 0.481 e. The van der Waals surface area contributed by atoms with Gasteiger partial charge in [-0.05, 0) is 76.7 Å². The lowest BCUT2D eigenvalue weighted by Gasteiger charge is -2.31. The van der Waals surface area contributed by atoms with Gasteiger partial charge in [0, 0.05) is 31.7 Å². The summed E-state index contributed by atoms with van der Waals surface area (Å²) in [7, 11) is 0. The highest BCUT2D eigenvalue weighted by atomic mass is 32.1. The Hall–Kier alpha value is -9.55. The van der Waals surface area contributed by atoms with Crippen molar-refractivity contribution in [1.82, 2.24) is 63.4 Å². The highest BCUT2D eigenvalue weighted by Gasteiger charge is 2.42. The second-order valence-corrected chi connectivity index (χ2v) is 24.7. The number of nitrogens with one attached hydrogen (secondary N) is 11. The van der Waals surface area contributed by atoms with E-state index in [1.807, 2.05) is 28.2 Å². The van der Waals surface area contributed by atoms with Crippen molar-refractivity contribution >= 4 is 119 Å². The van der Waals surface area contributed by atoms with Crippen LogP contribution in [-0.4, -0.2) is 265 Å². The first kappa shape index (κ1) is 90.5. The predicted molar refractivity (Wildman–Crippen MR) is 360 cm³/mol. The zero-order valence-electron chi connectivity index (χ0n) is 57.1. The molecule has 1 saturated heterocycles. The lowest BCUT2D eigenvalue weighted by Crippen LogP contribution is -2.62. The molecule has 0 spiro atoms. The molecule has 13 amide bonds. The third-order valence-electron chi connectivity index (χ3n) is 15.4. The molecule has 26 N–H and O–H groups in total. The van der Waals surface area contributed by atoms with Gasteiger partial charge in [0.1, 0.15) is 72.5 Å². The number of carboxylic acids is 4. The van der Waals surface area contributed by atoms with Crippen molar-refractivity contribution in [1.29, 1.82) is 0 Å². The molecule has 0 aromatic heterocycles. The van der Waals surface area contributed by atoms with E-state index in [-0.39, 0.29) is 76.5 Å². The fraction of sp³-hybridized carbons (Fsp3) is 0.700. The molecule has 1 aliphatic rings. The first-order chi connectivity index (χ1) is 48.1. The molecule has 576 valence electrons. The van der Waals surface area contributed by atoms with Crippen molar-refractivity contribution in [2.45, 2.75) is 215 Å². The van der Waals surface area contributed by atoms with Crippen molar-refractivity contribution in [2.24, 2.45) is 33.8 Å². The summed E-state index contributed by atoms with van der Waals surface area (Å²) < 4.78 is 0. The minimum Gasteiger partial charge on any atom is -0.481 e. The van der Waals surface area contributed by atoms with E-state index in [2.05, 4.69) is 54.8 Å². The number of amides is 13. The third kappa shape index (κ3) is 34.7. The molecular formula is C60H101N17O24S. The number of hydrogen-bond acceptors (Lipinski definition) is 23. The zero-order valence-corrected chi connectivity index (χ0v) is 58.0. The maximum absolute atomic E-state index is 14.1. The number of thiol groups is 1. The average Bonchev–Trinajstić information content (AvgIpc) is 1.62. The monoisotopic (exact) mass is 1480 g/mol. The van der Waals surface area contributed by atoms with E-state index in [4.69, 9.17) is 28.0 Å². The number of nitrogens with two attached hydrogens (primary N) is 4. The van der Waals surface area contributed by atoms with Gasteiger partial charge in [-0.1, -0.05) is 46.5 Å². The summed E-state index contributed by atoms with van der Waals surface area (Å²) in [5, 5.41) is 93.1. The van der Waals surface area contributed by atoms with Crippen LogP contribution in [0.1, 0.15) is 143 Å². The van der Waals surface area contributed by atoms with Crippen LogP contribution in [0, 0.1) is 5.92 Å². The van der Waals surface area contributed by atoms with Gasteiger partial charge in [0.25, 0.3) is 0 Å². The maximum Gasteiger partial charge on any atom is 0.326 e. The number of guanidine groups is 1. The van der Waals surface area contributed by atoms with Crippen molar-refractivity contribution in [3.8, 4) is 0 Å². The molecule has 0 radical (unpaired) electrons. The Balaban J connectivity index is 3.34. The Bertz CT molecular complexity index is 2930. The van der Waals surface area contributed by atoms with Crippen molar-refractivity contribution < 1.29 is 117 Å². The second kappa shape index (κ2) is 48.3.